The van der Waals surface area contributed by atoms with Gasteiger partial charge in [-0.3, -0.25) is 0 Å². The first-order chi connectivity index (χ1) is 9.45. The Labute approximate surface area is 122 Å². The van der Waals surface area contributed by atoms with Crippen LogP contribution < -0.4 is 10.6 Å². The average molecular weight is 278 g/mol. The van der Waals surface area contributed by atoms with Crippen molar-refractivity contribution in [2.75, 3.05) is 18.0 Å². The predicted octanol–water partition coefficient (Wildman–Crippen LogP) is 3.73. The van der Waals surface area contributed by atoms with Gasteiger partial charge >= 0.3 is 0 Å². The first-order valence-corrected chi connectivity index (χ1v) is 7.73. The minimum absolute atomic E-state index is 0.0567. The Bertz CT molecular complexity index is 448. The molecule has 2 nitrogen and oxygen atoms in total. The zero-order chi connectivity index (χ0) is 14.8. The summed E-state index contributed by atoms with van der Waals surface area (Å²) in [5.74, 6) is -0.108. The van der Waals surface area contributed by atoms with E-state index in [4.69, 9.17) is 5.73 Å². The smallest absolute Gasteiger partial charge is 0.146 e. The molecular formula is C17H27FN2. The Kier molecular flexibility index (Phi) is 4.69. The molecule has 1 aliphatic heterocycles. The topological polar surface area (TPSA) is 29.3 Å². The van der Waals surface area contributed by atoms with Crippen LogP contribution >= 0.6 is 0 Å². The van der Waals surface area contributed by atoms with E-state index >= 15 is 0 Å². The number of nitrogens with two attached hydrogens (primary N) is 1. The highest BCUT2D eigenvalue weighted by Crippen LogP contribution is 2.37. The van der Waals surface area contributed by atoms with Crippen molar-refractivity contribution in [1.82, 2.24) is 0 Å². The SMILES string of the molecule is CCC1(C)CCN(c2c(F)cccc2CC(C)N)CC1. The van der Waals surface area contributed by atoms with Crippen molar-refractivity contribution in [3.63, 3.8) is 0 Å². The molecule has 1 saturated heterocycles. The number of rotatable bonds is 4. The highest BCUT2D eigenvalue weighted by atomic mass is 19.1. The molecule has 20 heavy (non-hydrogen) atoms. The lowest BCUT2D eigenvalue weighted by atomic mass is 9.78. The molecule has 3 heteroatoms. The number of halogens is 1. The molecule has 0 spiro atoms. The van der Waals surface area contributed by atoms with Crippen LogP contribution in [0.25, 0.3) is 0 Å². The Morgan fingerprint density at radius 1 is 1.35 bits per heavy atom. The van der Waals surface area contributed by atoms with E-state index in [1.165, 1.54) is 6.42 Å². The van der Waals surface area contributed by atoms with E-state index in [-0.39, 0.29) is 11.9 Å². The lowest BCUT2D eigenvalue weighted by Gasteiger charge is -2.40. The highest BCUT2D eigenvalue weighted by Gasteiger charge is 2.30. The molecule has 1 aromatic carbocycles. The fraction of sp³-hybridized carbons (Fsp3) is 0.647. The molecular weight excluding hydrogens is 251 g/mol. The lowest BCUT2D eigenvalue weighted by molar-refractivity contribution is 0.237. The van der Waals surface area contributed by atoms with E-state index in [0.29, 0.717) is 5.41 Å². The van der Waals surface area contributed by atoms with Crippen LogP contribution in [0.15, 0.2) is 18.2 Å². The van der Waals surface area contributed by atoms with Crippen LogP contribution in [0.1, 0.15) is 45.6 Å². The summed E-state index contributed by atoms with van der Waals surface area (Å²) in [6.45, 7) is 8.45. The fourth-order valence-corrected chi connectivity index (χ4v) is 3.05. The standard InChI is InChI=1S/C17H27FN2/c1-4-17(3)8-10-20(11-9-17)16-14(12-13(2)19)6-5-7-15(16)18/h5-7,13H,4,8-12,19H2,1-3H3. The van der Waals surface area contributed by atoms with E-state index in [1.807, 2.05) is 13.0 Å². The maximum Gasteiger partial charge on any atom is 0.146 e. The summed E-state index contributed by atoms with van der Waals surface area (Å²) in [6, 6.07) is 5.42. The van der Waals surface area contributed by atoms with Crippen LogP contribution in [0, 0.1) is 11.2 Å². The second kappa shape index (κ2) is 6.13. The molecule has 1 aromatic rings. The van der Waals surface area contributed by atoms with Gasteiger partial charge in [0.05, 0.1) is 5.69 Å². The normalized spacial score (nSPS) is 19.9. The molecule has 1 heterocycles. The Morgan fingerprint density at radius 3 is 2.55 bits per heavy atom. The third kappa shape index (κ3) is 3.32. The van der Waals surface area contributed by atoms with Gasteiger partial charge in [-0.15, -0.1) is 0 Å². The van der Waals surface area contributed by atoms with Gasteiger partial charge < -0.3 is 10.6 Å². The van der Waals surface area contributed by atoms with Gasteiger partial charge in [0, 0.05) is 19.1 Å². The second-order valence-electron chi connectivity index (χ2n) is 6.58. The molecule has 0 bridgehead atoms. The molecule has 0 aliphatic carbocycles. The molecule has 0 amide bonds. The number of anilines is 1. The van der Waals surface area contributed by atoms with Gasteiger partial charge in [-0.1, -0.05) is 32.4 Å². The van der Waals surface area contributed by atoms with Crippen molar-refractivity contribution >= 4 is 5.69 Å². The summed E-state index contributed by atoms with van der Waals surface area (Å²) in [7, 11) is 0. The Balaban J connectivity index is 2.21. The van der Waals surface area contributed by atoms with E-state index in [2.05, 4.69) is 18.7 Å². The number of hydrogen-bond acceptors (Lipinski definition) is 2. The molecule has 1 atom stereocenters. The van der Waals surface area contributed by atoms with Gasteiger partial charge in [-0.2, -0.15) is 0 Å². The molecule has 1 fully saturated rings. The van der Waals surface area contributed by atoms with Gasteiger partial charge in [0.25, 0.3) is 0 Å². The summed E-state index contributed by atoms with van der Waals surface area (Å²) in [5.41, 5.74) is 8.14. The second-order valence-corrected chi connectivity index (χ2v) is 6.58. The molecule has 2 rings (SSSR count). The zero-order valence-electron chi connectivity index (χ0n) is 13.0. The van der Waals surface area contributed by atoms with Crippen molar-refractivity contribution < 1.29 is 4.39 Å². The Morgan fingerprint density at radius 2 is 2.00 bits per heavy atom. The number of hydrogen-bond donors (Lipinski definition) is 1. The van der Waals surface area contributed by atoms with Gasteiger partial charge in [0.15, 0.2) is 0 Å². The van der Waals surface area contributed by atoms with Crippen LogP contribution in [0.2, 0.25) is 0 Å². The highest BCUT2D eigenvalue weighted by molar-refractivity contribution is 5.55. The van der Waals surface area contributed by atoms with E-state index in [0.717, 1.165) is 43.6 Å². The maximum absolute atomic E-state index is 14.3. The lowest BCUT2D eigenvalue weighted by Crippen LogP contribution is -2.39. The monoisotopic (exact) mass is 278 g/mol. The molecule has 1 unspecified atom stereocenters. The van der Waals surface area contributed by atoms with Gasteiger partial charge in [0.2, 0.25) is 0 Å². The van der Waals surface area contributed by atoms with Gasteiger partial charge in [-0.05, 0) is 43.2 Å². The van der Waals surface area contributed by atoms with Crippen molar-refractivity contribution in [3.8, 4) is 0 Å². The Hall–Kier alpha value is -1.09. The minimum atomic E-state index is -0.108. The number of piperidine rings is 1. The molecule has 112 valence electrons. The molecule has 0 radical (unpaired) electrons. The minimum Gasteiger partial charge on any atom is -0.369 e. The molecule has 0 saturated carbocycles. The average Bonchev–Trinajstić information content (AvgIpc) is 2.40. The number of nitrogens with zero attached hydrogens (tertiary/aromatic N) is 1. The van der Waals surface area contributed by atoms with E-state index < -0.39 is 0 Å². The van der Waals surface area contributed by atoms with Crippen molar-refractivity contribution in [2.24, 2.45) is 11.1 Å². The van der Waals surface area contributed by atoms with Crippen molar-refractivity contribution in [2.45, 2.75) is 52.5 Å². The van der Waals surface area contributed by atoms with E-state index in [9.17, 15) is 4.39 Å². The van der Waals surface area contributed by atoms with E-state index in [1.54, 1.807) is 12.1 Å². The van der Waals surface area contributed by atoms with Gasteiger partial charge in [-0.25, -0.2) is 4.39 Å². The van der Waals surface area contributed by atoms with Crippen molar-refractivity contribution in [1.29, 1.82) is 0 Å². The summed E-state index contributed by atoms with van der Waals surface area (Å²) in [6.07, 6.45) is 4.20. The number of para-hydroxylation sites is 1. The summed E-state index contributed by atoms with van der Waals surface area (Å²) < 4.78 is 14.3. The first kappa shape index (κ1) is 15.3. The van der Waals surface area contributed by atoms with Gasteiger partial charge in [0.1, 0.15) is 5.82 Å². The molecule has 2 N–H and O–H groups in total. The third-order valence-electron chi connectivity index (χ3n) is 4.75. The quantitative estimate of drug-likeness (QED) is 0.909. The largest absolute Gasteiger partial charge is 0.369 e. The summed E-state index contributed by atoms with van der Waals surface area (Å²) in [4.78, 5) is 2.21. The molecule has 0 aromatic heterocycles. The van der Waals surface area contributed by atoms with Crippen molar-refractivity contribution in [3.05, 3.63) is 29.6 Å². The third-order valence-corrected chi connectivity index (χ3v) is 4.75. The van der Waals surface area contributed by atoms with Crippen LogP contribution in [0.4, 0.5) is 10.1 Å². The molecule has 1 aliphatic rings. The fourth-order valence-electron chi connectivity index (χ4n) is 3.05. The summed E-state index contributed by atoms with van der Waals surface area (Å²) >= 11 is 0. The maximum atomic E-state index is 14.3. The van der Waals surface area contributed by atoms with Crippen LogP contribution in [-0.2, 0) is 6.42 Å². The van der Waals surface area contributed by atoms with Crippen LogP contribution in [0.5, 0.6) is 0 Å². The van der Waals surface area contributed by atoms with Crippen LogP contribution in [-0.4, -0.2) is 19.1 Å². The zero-order valence-corrected chi connectivity index (χ0v) is 13.0. The van der Waals surface area contributed by atoms with Crippen LogP contribution in [0.3, 0.4) is 0 Å². The first-order valence-electron chi connectivity index (χ1n) is 7.73. The number of benzene rings is 1. The summed E-state index contributed by atoms with van der Waals surface area (Å²) in [5, 5.41) is 0. The predicted molar refractivity (Wildman–Crippen MR) is 83.6 cm³/mol.